The second-order valence-corrected chi connectivity index (χ2v) is 3.65. The van der Waals surface area contributed by atoms with Crippen molar-refractivity contribution in [2.45, 2.75) is 19.8 Å². The molecule has 1 aromatic heterocycles. The number of hydrogen-bond donors (Lipinski definition) is 2. The van der Waals surface area contributed by atoms with Gasteiger partial charge in [0.25, 0.3) is 0 Å². The summed E-state index contributed by atoms with van der Waals surface area (Å²) >= 11 is 0. The third-order valence-electron chi connectivity index (χ3n) is 2.25. The van der Waals surface area contributed by atoms with E-state index in [-0.39, 0.29) is 0 Å². The van der Waals surface area contributed by atoms with Crippen LogP contribution in [0.15, 0.2) is 24.3 Å². The van der Waals surface area contributed by atoms with Crippen molar-refractivity contribution in [3.8, 4) is 5.75 Å². The van der Waals surface area contributed by atoms with Crippen LogP contribution in [0, 0.1) is 0 Å². The molecule has 0 radical (unpaired) electrons. The van der Waals surface area contributed by atoms with Crippen molar-refractivity contribution in [2.24, 2.45) is 0 Å². The predicted molar refractivity (Wildman–Crippen MR) is 54.1 cm³/mol. The maximum atomic E-state index is 9.26. The van der Waals surface area contributed by atoms with E-state index in [1.807, 2.05) is 6.07 Å². The van der Waals surface area contributed by atoms with Gasteiger partial charge in [0.15, 0.2) is 0 Å². The van der Waals surface area contributed by atoms with Gasteiger partial charge < -0.3 is 10.1 Å². The van der Waals surface area contributed by atoms with Gasteiger partial charge in [0.1, 0.15) is 5.75 Å². The van der Waals surface area contributed by atoms with Gasteiger partial charge in [-0.1, -0.05) is 13.8 Å². The van der Waals surface area contributed by atoms with Crippen LogP contribution in [0.1, 0.15) is 25.5 Å². The van der Waals surface area contributed by atoms with E-state index in [2.05, 4.69) is 24.9 Å². The lowest BCUT2D eigenvalue weighted by molar-refractivity contribution is 0.476. The molecule has 0 bridgehead atoms. The minimum absolute atomic E-state index is 0.321. The number of aromatic hydroxyl groups is 1. The lowest BCUT2D eigenvalue weighted by atomic mass is 10.1. The Morgan fingerprint density at radius 2 is 2.00 bits per heavy atom. The zero-order chi connectivity index (χ0) is 9.42. The molecular weight excluding hydrogens is 162 g/mol. The number of aromatic amines is 1. The quantitative estimate of drug-likeness (QED) is 0.686. The zero-order valence-electron chi connectivity index (χ0n) is 7.83. The van der Waals surface area contributed by atoms with Gasteiger partial charge in [-0.3, -0.25) is 0 Å². The van der Waals surface area contributed by atoms with Gasteiger partial charge in [-0.05, 0) is 30.2 Å². The fraction of sp³-hybridized carbons (Fsp3) is 0.273. The second kappa shape index (κ2) is 2.80. The van der Waals surface area contributed by atoms with Crippen LogP contribution in [0.2, 0.25) is 0 Å². The Labute approximate surface area is 77.2 Å². The molecule has 0 spiro atoms. The Morgan fingerprint density at radius 3 is 2.69 bits per heavy atom. The standard InChI is InChI=1S/C11H13NO/c1-7(2)11-6-8-5-9(13)3-4-10(8)12-11/h3-7,12-13H,1-2H3. The predicted octanol–water partition coefficient (Wildman–Crippen LogP) is 3.00. The van der Waals surface area contributed by atoms with Gasteiger partial charge in [0.2, 0.25) is 0 Å². The van der Waals surface area contributed by atoms with Crippen molar-refractivity contribution in [1.82, 2.24) is 4.98 Å². The zero-order valence-corrected chi connectivity index (χ0v) is 7.83. The van der Waals surface area contributed by atoms with Crippen LogP contribution in [-0.4, -0.2) is 10.1 Å². The number of nitrogens with one attached hydrogen (secondary N) is 1. The third kappa shape index (κ3) is 1.39. The van der Waals surface area contributed by atoms with Crippen molar-refractivity contribution in [2.75, 3.05) is 0 Å². The van der Waals surface area contributed by atoms with Crippen LogP contribution in [0.4, 0.5) is 0 Å². The number of hydrogen-bond acceptors (Lipinski definition) is 1. The lowest BCUT2D eigenvalue weighted by Crippen LogP contribution is -1.84. The summed E-state index contributed by atoms with van der Waals surface area (Å²) in [5, 5.41) is 10.3. The molecule has 2 nitrogen and oxygen atoms in total. The maximum absolute atomic E-state index is 9.26. The van der Waals surface area contributed by atoms with Crippen molar-refractivity contribution < 1.29 is 5.11 Å². The number of rotatable bonds is 1. The summed E-state index contributed by atoms with van der Waals surface area (Å²) in [5.41, 5.74) is 2.29. The first kappa shape index (κ1) is 8.17. The highest BCUT2D eigenvalue weighted by Gasteiger charge is 2.03. The van der Waals surface area contributed by atoms with Gasteiger partial charge in [0.05, 0.1) is 0 Å². The van der Waals surface area contributed by atoms with Crippen LogP contribution in [0.3, 0.4) is 0 Å². The van der Waals surface area contributed by atoms with E-state index in [0.29, 0.717) is 11.7 Å². The SMILES string of the molecule is CC(C)c1cc2cc(O)ccc2[nH]1. The summed E-state index contributed by atoms with van der Waals surface area (Å²) in [5.74, 6) is 0.816. The van der Waals surface area contributed by atoms with E-state index < -0.39 is 0 Å². The number of benzene rings is 1. The maximum Gasteiger partial charge on any atom is 0.116 e. The Morgan fingerprint density at radius 1 is 1.23 bits per heavy atom. The number of fused-ring (bicyclic) bond motifs is 1. The first-order chi connectivity index (χ1) is 6.16. The van der Waals surface area contributed by atoms with E-state index in [9.17, 15) is 5.11 Å². The summed E-state index contributed by atoms with van der Waals surface area (Å²) < 4.78 is 0. The van der Waals surface area contributed by atoms with E-state index in [0.717, 1.165) is 10.9 Å². The lowest BCUT2D eigenvalue weighted by Gasteiger charge is -1.97. The second-order valence-electron chi connectivity index (χ2n) is 3.65. The normalized spacial score (nSPS) is 11.3. The first-order valence-electron chi connectivity index (χ1n) is 4.48. The molecule has 2 N–H and O–H groups in total. The fourth-order valence-corrected chi connectivity index (χ4v) is 1.45. The molecule has 0 saturated heterocycles. The fourth-order valence-electron chi connectivity index (χ4n) is 1.45. The monoisotopic (exact) mass is 175 g/mol. The number of H-pyrrole nitrogens is 1. The van der Waals surface area contributed by atoms with Gasteiger partial charge in [-0.25, -0.2) is 0 Å². The average Bonchev–Trinajstić information content (AvgIpc) is 2.46. The molecule has 0 atom stereocenters. The molecule has 0 amide bonds. The molecule has 2 rings (SSSR count). The molecule has 1 aromatic carbocycles. The molecule has 0 aliphatic heterocycles. The number of aromatic nitrogens is 1. The van der Waals surface area contributed by atoms with Crippen LogP contribution < -0.4 is 0 Å². The molecule has 0 aliphatic rings. The van der Waals surface area contributed by atoms with E-state index in [1.54, 1.807) is 12.1 Å². The molecule has 1 heterocycles. The Balaban J connectivity index is 2.62. The van der Waals surface area contributed by atoms with E-state index in [4.69, 9.17) is 0 Å². The molecule has 13 heavy (non-hydrogen) atoms. The highest BCUT2D eigenvalue weighted by atomic mass is 16.3. The molecule has 0 aliphatic carbocycles. The van der Waals surface area contributed by atoms with Crippen molar-refractivity contribution in [3.63, 3.8) is 0 Å². The van der Waals surface area contributed by atoms with E-state index in [1.165, 1.54) is 5.69 Å². The van der Waals surface area contributed by atoms with Crippen LogP contribution >= 0.6 is 0 Å². The van der Waals surface area contributed by atoms with Crippen LogP contribution in [0.25, 0.3) is 10.9 Å². The highest BCUT2D eigenvalue weighted by molar-refractivity contribution is 5.81. The molecule has 0 fully saturated rings. The molecular formula is C11H13NO. The summed E-state index contributed by atoms with van der Waals surface area (Å²) in [6, 6.07) is 7.46. The van der Waals surface area contributed by atoms with Crippen molar-refractivity contribution in [1.29, 1.82) is 0 Å². The molecule has 0 unspecified atom stereocenters. The average molecular weight is 175 g/mol. The summed E-state index contributed by atoms with van der Waals surface area (Å²) in [4.78, 5) is 3.31. The minimum atomic E-state index is 0.321. The topological polar surface area (TPSA) is 36.0 Å². The van der Waals surface area contributed by atoms with Gasteiger partial charge >= 0.3 is 0 Å². The number of phenols is 1. The molecule has 0 saturated carbocycles. The van der Waals surface area contributed by atoms with Crippen LogP contribution in [-0.2, 0) is 0 Å². The number of phenolic OH excluding ortho intramolecular Hbond substituents is 1. The van der Waals surface area contributed by atoms with Gasteiger partial charge in [-0.2, -0.15) is 0 Å². The Bertz CT molecular complexity index is 429. The first-order valence-corrected chi connectivity index (χ1v) is 4.48. The van der Waals surface area contributed by atoms with Gasteiger partial charge in [0, 0.05) is 16.6 Å². The van der Waals surface area contributed by atoms with Gasteiger partial charge in [-0.15, -0.1) is 0 Å². The minimum Gasteiger partial charge on any atom is -0.508 e. The molecule has 2 heteroatoms. The summed E-state index contributed by atoms with van der Waals surface area (Å²) in [7, 11) is 0. The highest BCUT2D eigenvalue weighted by Crippen LogP contribution is 2.23. The Kier molecular flexibility index (Phi) is 1.76. The van der Waals surface area contributed by atoms with E-state index >= 15 is 0 Å². The summed E-state index contributed by atoms with van der Waals surface area (Å²) in [6.07, 6.45) is 0. The summed E-state index contributed by atoms with van der Waals surface area (Å²) in [6.45, 7) is 4.29. The van der Waals surface area contributed by atoms with Crippen LogP contribution in [0.5, 0.6) is 5.75 Å². The van der Waals surface area contributed by atoms with Crippen molar-refractivity contribution in [3.05, 3.63) is 30.0 Å². The smallest absolute Gasteiger partial charge is 0.116 e. The third-order valence-corrected chi connectivity index (χ3v) is 2.25. The molecule has 2 aromatic rings. The largest absolute Gasteiger partial charge is 0.508 e. The molecule has 68 valence electrons. The Hall–Kier alpha value is -1.44. The van der Waals surface area contributed by atoms with Crippen molar-refractivity contribution >= 4 is 10.9 Å².